The number of aliphatic hydroxyl groups is 1. The van der Waals surface area contributed by atoms with Crippen LogP contribution in [0.15, 0.2) is 24.3 Å². The highest BCUT2D eigenvalue weighted by atomic mass is 16.4. The van der Waals surface area contributed by atoms with Crippen LogP contribution in [0.1, 0.15) is 44.6 Å². The Morgan fingerprint density at radius 2 is 1.47 bits per heavy atom. The molecule has 0 spiro atoms. The van der Waals surface area contributed by atoms with Gasteiger partial charge in [0.15, 0.2) is 0 Å². The average molecular weight is 540 g/mol. The first kappa shape index (κ1) is 32.3. The summed E-state index contributed by atoms with van der Waals surface area (Å²) in [5, 5.41) is 44.9. The van der Waals surface area contributed by atoms with E-state index in [0.29, 0.717) is 24.9 Å². The molecule has 3 amide bonds. The van der Waals surface area contributed by atoms with Crippen molar-refractivity contribution < 1.29 is 44.4 Å². The zero-order chi connectivity index (χ0) is 28.8. The number of aromatic hydroxyl groups is 1. The molecular formula is C24H37N5O9. The van der Waals surface area contributed by atoms with Crippen LogP contribution in [0.3, 0.4) is 0 Å². The van der Waals surface area contributed by atoms with E-state index in [1.54, 1.807) is 0 Å². The number of amides is 3. The van der Waals surface area contributed by atoms with E-state index in [1.165, 1.54) is 31.2 Å². The standard InChI is InChI=1S/C24H37N5O9/c1-13(30)20(29-21(34)16(26)9-10-19(32)33)23(36)27-17(4-2-3-11-25)22(35)28-18(24(37)38)12-14-5-7-15(31)8-6-14/h5-8,13,16-18,20,30-31H,2-4,9-12,25-26H2,1H3,(H,27,36)(H,28,35)(H,29,34)(H,32,33)(H,37,38). The molecule has 11 N–H and O–H groups in total. The van der Waals surface area contributed by atoms with Gasteiger partial charge in [0, 0.05) is 12.8 Å². The second-order valence-corrected chi connectivity index (χ2v) is 8.88. The summed E-state index contributed by atoms with van der Waals surface area (Å²) in [6.07, 6.45) is -1.04. The first-order valence-corrected chi connectivity index (χ1v) is 12.1. The number of carboxylic acid groups (broad SMARTS) is 2. The van der Waals surface area contributed by atoms with Gasteiger partial charge >= 0.3 is 11.9 Å². The molecule has 0 aliphatic carbocycles. The highest BCUT2D eigenvalue weighted by molar-refractivity contribution is 5.94. The van der Waals surface area contributed by atoms with E-state index in [4.69, 9.17) is 16.6 Å². The van der Waals surface area contributed by atoms with Crippen molar-refractivity contribution in [1.29, 1.82) is 0 Å². The van der Waals surface area contributed by atoms with Crippen molar-refractivity contribution in [2.24, 2.45) is 11.5 Å². The topological polar surface area (TPSA) is 254 Å². The molecule has 212 valence electrons. The predicted octanol–water partition coefficient (Wildman–Crippen LogP) is -1.82. The Balaban J connectivity index is 2.97. The van der Waals surface area contributed by atoms with Crippen molar-refractivity contribution >= 4 is 29.7 Å². The van der Waals surface area contributed by atoms with Gasteiger partial charge in [-0.2, -0.15) is 0 Å². The van der Waals surface area contributed by atoms with Gasteiger partial charge in [0.25, 0.3) is 0 Å². The third kappa shape index (κ3) is 11.5. The lowest BCUT2D eigenvalue weighted by atomic mass is 10.0. The minimum atomic E-state index is -1.52. The zero-order valence-corrected chi connectivity index (χ0v) is 21.1. The molecule has 0 heterocycles. The van der Waals surface area contributed by atoms with Crippen LogP contribution >= 0.6 is 0 Å². The summed E-state index contributed by atoms with van der Waals surface area (Å²) in [6.45, 7) is 1.55. The number of rotatable bonds is 17. The lowest BCUT2D eigenvalue weighted by molar-refractivity contribution is -0.142. The van der Waals surface area contributed by atoms with E-state index in [-0.39, 0.29) is 31.4 Å². The normalized spacial score (nSPS) is 14.8. The summed E-state index contributed by atoms with van der Waals surface area (Å²) < 4.78 is 0. The number of nitrogens with one attached hydrogen (secondary N) is 3. The number of aliphatic carboxylic acids is 2. The van der Waals surface area contributed by atoms with Crippen molar-refractivity contribution in [3.63, 3.8) is 0 Å². The van der Waals surface area contributed by atoms with Gasteiger partial charge in [0.2, 0.25) is 17.7 Å². The van der Waals surface area contributed by atoms with Gasteiger partial charge in [-0.3, -0.25) is 19.2 Å². The van der Waals surface area contributed by atoms with Crippen molar-refractivity contribution in [1.82, 2.24) is 16.0 Å². The number of carbonyl (C=O) groups excluding carboxylic acids is 3. The first-order valence-electron chi connectivity index (χ1n) is 12.1. The summed E-state index contributed by atoms with van der Waals surface area (Å²) >= 11 is 0. The van der Waals surface area contributed by atoms with Crippen LogP contribution in [0, 0.1) is 0 Å². The molecule has 0 aromatic heterocycles. The predicted molar refractivity (Wildman–Crippen MR) is 135 cm³/mol. The molecule has 1 aromatic rings. The minimum Gasteiger partial charge on any atom is -0.508 e. The van der Waals surface area contributed by atoms with Gasteiger partial charge in [0.05, 0.1) is 12.1 Å². The van der Waals surface area contributed by atoms with Crippen LogP contribution in [0.4, 0.5) is 0 Å². The maximum atomic E-state index is 13.0. The van der Waals surface area contributed by atoms with E-state index in [1.807, 2.05) is 0 Å². The fourth-order valence-electron chi connectivity index (χ4n) is 3.44. The number of carboxylic acids is 2. The number of benzene rings is 1. The van der Waals surface area contributed by atoms with Crippen molar-refractivity contribution in [2.45, 2.75) is 75.7 Å². The Hall–Kier alpha value is -3.75. The van der Waals surface area contributed by atoms with Crippen molar-refractivity contribution in [3.05, 3.63) is 29.8 Å². The summed E-state index contributed by atoms with van der Waals surface area (Å²) in [6, 6.07) is 0.448. The number of hydrogen-bond donors (Lipinski definition) is 9. The van der Waals surface area contributed by atoms with Crippen LogP contribution in [0.2, 0.25) is 0 Å². The Morgan fingerprint density at radius 1 is 0.868 bits per heavy atom. The van der Waals surface area contributed by atoms with Gasteiger partial charge in [-0.15, -0.1) is 0 Å². The summed E-state index contributed by atoms with van der Waals surface area (Å²) in [5.41, 5.74) is 11.7. The molecule has 5 atom stereocenters. The number of phenols is 1. The molecule has 0 saturated heterocycles. The van der Waals surface area contributed by atoms with Crippen LogP contribution < -0.4 is 27.4 Å². The highest BCUT2D eigenvalue weighted by Gasteiger charge is 2.32. The SMILES string of the molecule is CC(O)C(NC(=O)C(N)CCC(=O)O)C(=O)NC(CCCCN)C(=O)NC(Cc1ccc(O)cc1)C(=O)O. The van der Waals surface area contributed by atoms with Crippen molar-refractivity contribution in [2.75, 3.05) is 6.54 Å². The molecule has 0 bridgehead atoms. The highest BCUT2D eigenvalue weighted by Crippen LogP contribution is 2.12. The maximum Gasteiger partial charge on any atom is 0.326 e. The first-order chi connectivity index (χ1) is 17.8. The zero-order valence-electron chi connectivity index (χ0n) is 21.1. The monoisotopic (exact) mass is 539 g/mol. The number of aliphatic hydroxyl groups excluding tert-OH is 1. The average Bonchev–Trinajstić information content (AvgIpc) is 2.85. The number of phenolic OH excluding ortho intramolecular Hbond substituents is 1. The Bertz CT molecular complexity index is 955. The van der Waals surface area contributed by atoms with Crippen LogP contribution in [-0.2, 0) is 30.4 Å². The minimum absolute atomic E-state index is 0.00469. The number of carbonyl (C=O) groups is 5. The van der Waals surface area contributed by atoms with E-state index in [2.05, 4.69) is 16.0 Å². The smallest absolute Gasteiger partial charge is 0.326 e. The maximum absolute atomic E-state index is 13.0. The van der Waals surface area contributed by atoms with E-state index in [9.17, 15) is 39.3 Å². The quantitative estimate of drug-likeness (QED) is 0.0995. The molecule has 0 saturated carbocycles. The molecule has 5 unspecified atom stereocenters. The molecule has 1 rings (SSSR count). The molecule has 0 aliphatic heterocycles. The third-order valence-corrected chi connectivity index (χ3v) is 5.64. The number of hydrogen-bond acceptors (Lipinski definition) is 9. The van der Waals surface area contributed by atoms with Gasteiger partial charge in [-0.1, -0.05) is 12.1 Å². The fourth-order valence-corrected chi connectivity index (χ4v) is 3.44. The second kappa shape index (κ2) is 16.2. The molecular weight excluding hydrogens is 502 g/mol. The van der Waals surface area contributed by atoms with E-state index in [0.717, 1.165) is 0 Å². The second-order valence-electron chi connectivity index (χ2n) is 8.88. The summed E-state index contributed by atoms with van der Waals surface area (Å²) in [7, 11) is 0. The number of nitrogens with two attached hydrogens (primary N) is 2. The molecule has 38 heavy (non-hydrogen) atoms. The largest absolute Gasteiger partial charge is 0.508 e. The van der Waals surface area contributed by atoms with Crippen molar-refractivity contribution in [3.8, 4) is 5.75 Å². The van der Waals surface area contributed by atoms with Crippen LogP contribution in [-0.4, -0.2) is 86.9 Å². The lowest BCUT2D eigenvalue weighted by Gasteiger charge is -2.26. The van der Waals surface area contributed by atoms with Gasteiger partial charge in [-0.05, 0) is 56.8 Å². The lowest BCUT2D eigenvalue weighted by Crippen LogP contribution is -2.59. The van der Waals surface area contributed by atoms with E-state index >= 15 is 0 Å². The van der Waals surface area contributed by atoms with Gasteiger partial charge in [-0.25, -0.2) is 4.79 Å². The molecule has 14 heteroatoms. The van der Waals surface area contributed by atoms with Gasteiger partial charge < -0.3 is 47.8 Å². The molecule has 1 aromatic carbocycles. The molecule has 0 radical (unpaired) electrons. The number of unbranched alkanes of at least 4 members (excludes halogenated alkanes) is 1. The Morgan fingerprint density at radius 3 is 2.00 bits per heavy atom. The van der Waals surface area contributed by atoms with Gasteiger partial charge in [0.1, 0.15) is 23.9 Å². The fraction of sp³-hybridized carbons (Fsp3) is 0.542. The molecule has 0 fully saturated rings. The Labute approximate surface area is 219 Å². The summed E-state index contributed by atoms with van der Waals surface area (Å²) in [4.78, 5) is 60.8. The molecule has 14 nitrogen and oxygen atoms in total. The summed E-state index contributed by atoms with van der Waals surface area (Å²) in [5.74, 6) is -5.06. The van der Waals surface area contributed by atoms with Crippen LogP contribution in [0.25, 0.3) is 0 Å². The van der Waals surface area contributed by atoms with Crippen LogP contribution in [0.5, 0.6) is 5.75 Å². The van der Waals surface area contributed by atoms with E-state index < -0.39 is 59.9 Å². The third-order valence-electron chi connectivity index (χ3n) is 5.64. The Kier molecular flexibility index (Phi) is 13.7. The molecule has 0 aliphatic rings.